The molecule has 37 heavy (non-hydrogen) atoms. The van der Waals surface area contributed by atoms with Crippen LogP contribution in [0.1, 0.15) is 27.0 Å². The molecule has 4 aromatic carbocycles. The molecule has 4 aromatic rings. The van der Waals surface area contributed by atoms with Gasteiger partial charge in [-0.25, -0.2) is 4.79 Å². The zero-order chi connectivity index (χ0) is 26.0. The molecule has 0 unspecified atom stereocenters. The van der Waals surface area contributed by atoms with Crippen LogP contribution < -0.4 is 10.6 Å². The molecule has 2 N–H and O–H groups in total. The summed E-state index contributed by atoms with van der Waals surface area (Å²) in [5, 5.41) is 5.82. The summed E-state index contributed by atoms with van der Waals surface area (Å²) in [6.45, 7) is 0.0687. The molecule has 0 aliphatic rings. The first-order valence-corrected chi connectivity index (χ1v) is 12.1. The number of ether oxygens (including phenoxy) is 1. The van der Waals surface area contributed by atoms with Gasteiger partial charge >= 0.3 is 6.09 Å². The highest BCUT2D eigenvalue weighted by molar-refractivity contribution is 6.31. The van der Waals surface area contributed by atoms with Crippen molar-refractivity contribution in [1.82, 2.24) is 5.32 Å². The van der Waals surface area contributed by atoms with Crippen molar-refractivity contribution in [2.45, 2.75) is 19.1 Å². The molecule has 7 heteroatoms. The van der Waals surface area contributed by atoms with E-state index in [1.165, 1.54) is 6.07 Å². The molecular formula is C30H25ClN2O4. The molecular weight excluding hydrogens is 488 g/mol. The zero-order valence-electron chi connectivity index (χ0n) is 19.9. The third kappa shape index (κ3) is 7.29. The van der Waals surface area contributed by atoms with Crippen molar-refractivity contribution < 1.29 is 19.1 Å². The van der Waals surface area contributed by atoms with E-state index in [1.54, 1.807) is 36.4 Å². The van der Waals surface area contributed by atoms with Crippen molar-refractivity contribution in [1.29, 1.82) is 0 Å². The summed E-state index contributed by atoms with van der Waals surface area (Å²) in [6, 6.07) is 31.0. The molecule has 4 rings (SSSR count). The summed E-state index contributed by atoms with van der Waals surface area (Å²) in [6.07, 6.45) is -0.500. The van der Waals surface area contributed by atoms with Gasteiger partial charge in [0.05, 0.1) is 5.69 Å². The maximum atomic E-state index is 13.4. The fourth-order valence-electron chi connectivity index (χ4n) is 3.74. The maximum Gasteiger partial charge on any atom is 0.408 e. The molecule has 0 heterocycles. The number of benzene rings is 4. The van der Waals surface area contributed by atoms with Gasteiger partial charge in [0.1, 0.15) is 12.6 Å². The van der Waals surface area contributed by atoms with Crippen LogP contribution in [0.15, 0.2) is 109 Å². The lowest BCUT2D eigenvalue weighted by atomic mass is 10.0. The standard InChI is InChI=1S/C30H25ClN2O4/c31-24-16-17-26(25(19-24)28(34)23-14-8-3-9-15-23)32-29(35)27(18-21-10-4-1-5-11-21)33-30(36)37-20-22-12-6-2-7-13-22/h1-17,19,27H,18,20H2,(H,32,35)(H,33,36)/t27-/m0/s1. The summed E-state index contributed by atoms with van der Waals surface area (Å²) in [5.74, 6) is -0.779. The normalized spacial score (nSPS) is 11.3. The Morgan fingerprint density at radius 1 is 0.757 bits per heavy atom. The fourth-order valence-corrected chi connectivity index (χ4v) is 3.92. The van der Waals surface area contributed by atoms with Gasteiger partial charge in [0.15, 0.2) is 5.78 Å². The van der Waals surface area contributed by atoms with Crippen LogP contribution >= 0.6 is 11.6 Å². The van der Waals surface area contributed by atoms with Gasteiger partial charge in [-0.05, 0) is 29.3 Å². The van der Waals surface area contributed by atoms with Crippen LogP contribution in [0.25, 0.3) is 0 Å². The average molecular weight is 513 g/mol. The van der Waals surface area contributed by atoms with Crippen LogP contribution in [0.3, 0.4) is 0 Å². The molecule has 0 radical (unpaired) electrons. The van der Waals surface area contributed by atoms with E-state index in [0.717, 1.165) is 11.1 Å². The Morgan fingerprint density at radius 2 is 1.35 bits per heavy atom. The minimum atomic E-state index is -0.957. The van der Waals surface area contributed by atoms with Gasteiger partial charge in [-0.1, -0.05) is 103 Å². The Bertz CT molecular complexity index is 1360. The Morgan fingerprint density at radius 3 is 2.00 bits per heavy atom. The molecule has 0 aliphatic carbocycles. The minimum Gasteiger partial charge on any atom is -0.445 e. The van der Waals surface area contributed by atoms with Gasteiger partial charge in [0, 0.05) is 22.6 Å². The molecule has 0 spiro atoms. The largest absolute Gasteiger partial charge is 0.445 e. The van der Waals surface area contributed by atoms with Gasteiger partial charge in [0.25, 0.3) is 0 Å². The van der Waals surface area contributed by atoms with Crippen molar-refractivity contribution in [3.05, 3.63) is 136 Å². The van der Waals surface area contributed by atoms with Crippen molar-refractivity contribution in [3.63, 3.8) is 0 Å². The zero-order valence-corrected chi connectivity index (χ0v) is 20.7. The molecule has 0 bridgehead atoms. The summed E-state index contributed by atoms with van der Waals surface area (Å²) in [4.78, 5) is 39.2. The first kappa shape index (κ1) is 25.7. The molecule has 1 atom stereocenters. The van der Waals surface area contributed by atoms with Crippen LogP contribution in [-0.2, 0) is 22.6 Å². The number of carbonyl (C=O) groups excluding carboxylic acids is 3. The molecule has 0 aromatic heterocycles. The second-order valence-corrected chi connectivity index (χ2v) is 8.76. The van der Waals surface area contributed by atoms with Gasteiger partial charge in [0.2, 0.25) is 5.91 Å². The molecule has 0 aliphatic heterocycles. The Kier molecular flexibility index (Phi) is 8.68. The number of hydrogen-bond donors (Lipinski definition) is 2. The third-order valence-electron chi connectivity index (χ3n) is 5.62. The Balaban J connectivity index is 1.53. The maximum absolute atomic E-state index is 13.4. The van der Waals surface area contributed by atoms with Crippen molar-refractivity contribution in [2.75, 3.05) is 5.32 Å². The van der Waals surface area contributed by atoms with E-state index >= 15 is 0 Å². The number of alkyl carbamates (subject to hydrolysis) is 1. The predicted molar refractivity (Wildman–Crippen MR) is 144 cm³/mol. The van der Waals surface area contributed by atoms with Crippen LogP contribution in [0.5, 0.6) is 0 Å². The SMILES string of the molecule is O=C(N[C@@H](Cc1ccccc1)C(=O)Nc1ccc(Cl)cc1C(=O)c1ccccc1)OCc1ccccc1. The van der Waals surface area contributed by atoms with Crippen molar-refractivity contribution in [2.24, 2.45) is 0 Å². The summed E-state index contributed by atoms with van der Waals surface area (Å²) in [5.41, 5.74) is 2.68. The van der Waals surface area contributed by atoms with Crippen LogP contribution in [-0.4, -0.2) is 23.8 Å². The van der Waals surface area contributed by atoms with E-state index in [-0.39, 0.29) is 24.4 Å². The Labute approximate surface area is 220 Å². The first-order chi connectivity index (χ1) is 18.0. The van der Waals surface area contributed by atoms with E-state index < -0.39 is 18.0 Å². The number of hydrogen-bond acceptors (Lipinski definition) is 4. The predicted octanol–water partition coefficient (Wildman–Crippen LogP) is 6.05. The van der Waals surface area contributed by atoms with Crippen molar-refractivity contribution in [3.8, 4) is 0 Å². The number of carbonyl (C=O) groups is 3. The number of halogens is 1. The number of nitrogens with one attached hydrogen (secondary N) is 2. The van der Waals surface area contributed by atoms with E-state index in [9.17, 15) is 14.4 Å². The topological polar surface area (TPSA) is 84.5 Å². The first-order valence-electron chi connectivity index (χ1n) is 11.7. The number of ketones is 1. The summed E-state index contributed by atoms with van der Waals surface area (Å²) >= 11 is 6.17. The average Bonchev–Trinajstić information content (AvgIpc) is 2.93. The van der Waals surface area contributed by atoms with Gasteiger partial charge in [-0.15, -0.1) is 0 Å². The second kappa shape index (κ2) is 12.5. The fraction of sp³-hybridized carbons (Fsp3) is 0.100. The lowest BCUT2D eigenvalue weighted by Crippen LogP contribution is -2.45. The number of amides is 2. The molecule has 0 fully saturated rings. The number of anilines is 1. The monoisotopic (exact) mass is 512 g/mol. The van der Waals surface area contributed by atoms with E-state index in [2.05, 4.69) is 10.6 Å². The number of rotatable bonds is 9. The summed E-state index contributed by atoms with van der Waals surface area (Å²) in [7, 11) is 0. The van der Waals surface area contributed by atoms with Crippen LogP contribution in [0.4, 0.5) is 10.5 Å². The molecule has 6 nitrogen and oxygen atoms in total. The van der Waals surface area contributed by atoms with Crippen LogP contribution in [0.2, 0.25) is 5.02 Å². The molecule has 0 saturated heterocycles. The van der Waals surface area contributed by atoms with Crippen LogP contribution in [0, 0.1) is 0 Å². The smallest absolute Gasteiger partial charge is 0.408 e. The highest BCUT2D eigenvalue weighted by atomic mass is 35.5. The van der Waals surface area contributed by atoms with E-state index in [0.29, 0.717) is 16.3 Å². The van der Waals surface area contributed by atoms with Gasteiger partial charge in [-0.2, -0.15) is 0 Å². The van der Waals surface area contributed by atoms with Gasteiger partial charge < -0.3 is 15.4 Å². The summed E-state index contributed by atoms with van der Waals surface area (Å²) < 4.78 is 5.33. The molecule has 0 saturated carbocycles. The molecule has 186 valence electrons. The quantitative estimate of drug-likeness (QED) is 0.267. The molecule has 2 amide bonds. The second-order valence-electron chi connectivity index (χ2n) is 8.32. The van der Waals surface area contributed by atoms with E-state index in [4.69, 9.17) is 16.3 Å². The van der Waals surface area contributed by atoms with E-state index in [1.807, 2.05) is 66.7 Å². The lowest BCUT2D eigenvalue weighted by molar-refractivity contribution is -0.118. The lowest BCUT2D eigenvalue weighted by Gasteiger charge is -2.20. The minimum absolute atomic E-state index is 0.0687. The Hall–Kier alpha value is -4.42. The highest BCUT2D eigenvalue weighted by Crippen LogP contribution is 2.24. The van der Waals surface area contributed by atoms with Crippen molar-refractivity contribution >= 4 is 35.1 Å². The highest BCUT2D eigenvalue weighted by Gasteiger charge is 2.24. The third-order valence-corrected chi connectivity index (χ3v) is 5.86. The van der Waals surface area contributed by atoms with Gasteiger partial charge in [-0.3, -0.25) is 9.59 Å².